The SMILES string of the molecule is CCOc1ccc(N2C(=O)/C(=C/c3cc(Br)c(OCc4cccc(Cl)c4)c(OCC)c3)N(C)C2=S)cc1. The zero-order chi connectivity index (χ0) is 26.5. The Morgan fingerprint density at radius 2 is 1.73 bits per heavy atom. The van der Waals surface area contributed by atoms with Crippen LogP contribution in [0.25, 0.3) is 6.08 Å². The van der Waals surface area contributed by atoms with Gasteiger partial charge in [-0.05, 0) is 108 Å². The normalized spacial score (nSPS) is 14.5. The van der Waals surface area contributed by atoms with Gasteiger partial charge in [-0.1, -0.05) is 23.7 Å². The number of nitrogens with zero attached hydrogens (tertiary/aromatic N) is 2. The van der Waals surface area contributed by atoms with Crippen molar-refractivity contribution >= 4 is 62.5 Å². The molecule has 1 aliphatic rings. The molecule has 0 atom stereocenters. The predicted molar refractivity (Wildman–Crippen MR) is 155 cm³/mol. The molecule has 0 spiro atoms. The van der Waals surface area contributed by atoms with Crippen molar-refractivity contribution < 1.29 is 19.0 Å². The van der Waals surface area contributed by atoms with Crippen molar-refractivity contribution in [2.45, 2.75) is 20.5 Å². The average Bonchev–Trinajstić information content (AvgIpc) is 3.07. The van der Waals surface area contributed by atoms with Gasteiger partial charge in [-0.15, -0.1) is 0 Å². The van der Waals surface area contributed by atoms with Gasteiger partial charge >= 0.3 is 0 Å². The van der Waals surface area contributed by atoms with Gasteiger partial charge in [0.1, 0.15) is 18.1 Å². The first kappa shape index (κ1) is 27.0. The molecule has 0 saturated carbocycles. The Labute approximate surface area is 235 Å². The first-order chi connectivity index (χ1) is 17.8. The molecule has 1 fully saturated rings. The van der Waals surface area contributed by atoms with Crippen LogP contribution >= 0.6 is 39.7 Å². The first-order valence-corrected chi connectivity index (χ1v) is 13.3. The number of carbonyl (C=O) groups excluding carboxylic acids is 1. The fourth-order valence-corrected chi connectivity index (χ4v) is 4.93. The Balaban J connectivity index is 1.61. The highest BCUT2D eigenvalue weighted by Gasteiger charge is 2.36. The van der Waals surface area contributed by atoms with Gasteiger partial charge in [0.25, 0.3) is 5.91 Å². The number of thiocarbonyl (C=S) groups is 1. The van der Waals surface area contributed by atoms with Gasteiger partial charge in [0.15, 0.2) is 16.6 Å². The molecule has 0 aromatic heterocycles. The Morgan fingerprint density at radius 1 is 1.00 bits per heavy atom. The van der Waals surface area contributed by atoms with E-state index in [0.717, 1.165) is 16.9 Å². The molecule has 9 heteroatoms. The summed E-state index contributed by atoms with van der Waals surface area (Å²) in [6, 6.07) is 18.5. The van der Waals surface area contributed by atoms with Crippen molar-refractivity contribution in [3.63, 3.8) is 0 Å². The van der Waals surface area contributed by atoms with Gasteiger partial charge in [-0.2, -0.15) is 0 Å². The number of hydrogen-bond donors (Lipinski definition) is 0. The Kier molecular flexibility index (Phi) is 8.74. The molecule has 6 nitrogen and oxygen atoms in total. The molecule has 1 amide bonds. The summed E-state index contributed by atoms with van der Waals surface area (Å²) in [6.07, 6.45) is 1.79. The Bertz CT molecular complexity index is 1350. The number of carbonyl (C=O) groups is 1. The largest absolute Gasteiger partial charge is 0.494 e. The summed E-state index contributed by atoms with van der Waals surface area (Å²) in [5, 5.41) is 1.04. The van der Waals surface area contributed by atoms with Gasteiger partial charge in [-0.25, -0.2) is 0 Å². The molecule has 1 heterocycles. The standard InChI is InChI=1S/C28H26BrClN2O4S/c1-4-34-22-11-9-21(10-12-22)32-27(33)24(31(3)28(32)37)15-19-14-23(29)26(25(16-19)35-5-2)36-17-18-7-6-8-20(30)13-18/h6-16H,4-5,17H2,1-3H3/b24-15-. The van der Waals surface area contributed by atoms with E-state index in [9.17, 15) is 4.79 Å². The fraction of sp³-hybridized carbons (Fsp3) is 0.214. The molecule has 192 valence electrons. The number of amides is 1. The van der Waals surface area contributed by atoms with Gasteiger partial charge in [0.05, 0.1) is 23.4 Å². The van der Waals surface area contributed by atoms with Gasteiger partial charge < -0.3 is 19.1 Å². The van der Waals surface area contributed by atoms with Crippen molar-refractivity contribution in [2.24, 2.45) is 0 Å². The maximum atomic E-state index is 13.4. The van der Waals surface area contributed by atoms with Crippen LogP contribution in [0.3, 0.4) is 0 Å². The van der Waals surface area contributed by atoms with E-state index >= 15 is 0 Å². The second kappa shape index (κ2) is 12.0. The van der Waals surface area contributed by atoms with E-state index in [2.05, 4.69) is 15.9 Å². The highest BCUT2D eigenvalue weighted by atomic mass is 79.9. The summed E-state index contributed by atoms with van der Waals surface area (Å²) >= 11 is 15.3. The number of benzene rings is 3. The first-order valence-electron chi connectivity index (χ1n) is 11.7. The van der Waals surface area contributed by atoms with Crippen molar-refractivity contribution in [2.75, 3.05) is 25.2 Å². The lowest BCUT2D eigenvalue weighted by atomic mass is 10.1. The van der Waals surface area contributed by atoms with Crippen molar-refractivity contribution in [1.29, 1.82) is 0 Å². The number of rotatable bonds is 9. The number of halogens is 2. The van der Waals surface area contributed by atoms with Crippen LogP contribution in [-0.2, 0) is 11.4 Å². The topological polar surface area (TPSA) is 51.2 Å². The van der Waals surface area contributed by atoms with Gasteiger partial charge in [-0.3, -0.25) is 9.69 Å². The van der Waals surface area contributed by atoms with E-state index in [1.165, 1.54) is 4.90 Å². The molecule has 4 rings (SSSR count). The lowest BCUT2D eigenvalue weighted by Gasteiger charge is -2.17. The van der Waals surface area contributed by atoms with Crippen LogP contribution in [0.15, 0.2) is 70.8 Å². The van der Waals surface area contributed by atoms with Crippen LogP contribution in [-0.4, -0.2) is 36.2 Å². The summed E-state index contributed by atoms with van der Waals surface area (Å²) in [7, 11) is 1.78. The molecule has 0 N–H and O–H groups in total. The molecular formula is C28H26BrClN2O4S. The minimum Gasteiger partial charge on any atom is -0.494 e. The second-order valence-corrected chi connectivity index (χ2v) is 9.78. The van der Waals surface area contributed by atoms with Crippen LogP contribution in [0.2, 0.25) is 5.02 Å². The minimum absolute atomic E-state index is 0.216. The Hall–Kier alpha value is -3.07. The monoisotopic (exact) mass is 600 g/mol. The van der Waals surface area contributed by atoms with E-state index in [1.54, 1.807) is 18.0 Å². The summed E-state index contributed by atoms with van der Waals surface area (Å²) in [5.74, 6) is 1.65. The van der Waals surface area contributed by atoms with E-state index in [-0.39, 0.29) is 5.91 Å². The minimum atomic E-state index is -0.216. The third-order valence-electron chi connectivity index (χ3n) is 5.57. The summed E-state index contributed by atoms with van der Waals surface area (Å²) in [4.78, 5) is 16.6. The molecule has 0 bridgehead atoms. The number of likely N-dealkylation sites (N-methyl/N-ethyl adjacent to an activating group) is 1. The average molecular weight is 602 g/mol. The predicted octanol–water partition coefficient (Wildman–Crippen LogP) is 7.08. The zero-order valence-electron chi connectivity index (χ0n) is 20.7. The van der Waals surface area contributed by atoms with Crippen molar-refractivity contribution in [1.82, 2.24) is 4.90 Å². The third kappa shape index (κ3) is 6.09. The lowest BCUT2D eigenvalue weighted by molar-refractivity contribution is -0.114. The van der Waals surface area contributed by atoms with Crippen LogP contribution in [0.5, 0.6) is 17.2 Å². The fourth-order valence-electron chi connectivity index (χ4n) is 3.86. The molecule has 1 aliphatic heterocycles. The smallest absolute Gasteiger partial charge is 0.281 e. The Morgan fingerprint density at radius 3 is 2.41 bits per heavy atom. The maximum absolute atomic E-state index is 13.4. The third-order valence-corrected chi connectivity index (χ3v) is 6.86. The molecule has 1 saturated heterocycles. The van der Waals surface area contributed by atoms with E-state index in [0.29, 0.717) is 57.3 Å². The van der Waals surface area contributed by atoms with Crippen LogP contribution < -0.4 is 19.1 Å². The highest BCUT2D eigenvalue weighted by Crippen LogP contribution is 2.39. The molecule has 3 aromatic rings. The molecule has 3 aromatic carbocycles. The number of anilines is 1. The second-order valence-electron chi connectivity index (χ2n) is 8.12. The van der Waals surface area contributed by atoms with E-state index in [1.807, 2.05) is 74.5 Å². The quantitative estimate of drug-likeness (QED) is 0.193. The van der Waals surface area contributed by atoms with Crippen molar-refractivity contribution in [3.8, 4) is 17.2 Å². The van der Waals surface area contributed by atoms with Gasteiger partial charge in [0.2, 0.25) is 0 Å². The molecule has 0 aliphatic carbocycles. The summed E-state index contributed by atoms with van der Waals surface area (Å²) in [5.41, 5.74) is 2.82. The van der Waals surface area contributed by atoms with Crippen molar-refractivity contribution in [3.05, 3.63) is 87.0 Å². The maximum Gasteiger partial charge on any atom is 0.281 e. The van der Waals surface area contributed by atoms with Gasteiger partial charge in [0, 0.05) is 12.1 Å². The van der Waals surface area contributed by atoms with Crippen LogP contribution in [0.1, 0.15) is 25.0 Å². The summed E-state index contributed by atoms with van der Waals surface area (Å²) < 4.78 is 18.2. The molecule has 0 unspecified atom stereocenters. The summed E-state index contributed by atoms with van der Waals surface area (Å²) in [6.45, 7) is 5.17. The van der Waals surface area contributed by atoms with E-state index in [4.69, 9.17) is 38.0 Å². The number of hydrogen-bond acceptors (Lipinski definition) is 5. The lowest BCUT2D eigenvalue weighted by Crippen LogP contribution is -2.31. The zero-order valence-corrected chi connectivity index (χ0v) is 23.8. The number of ether oxygens (including phenoxy) is 3. The molecular weight excluding hydrogens is 576 g/mol. The van der Waals surface area contributed by atoms with Crippen LogP contribution in [0, 0.1) is 0 Å². The van der Waals surface area contributed by atoms with E-state index < -0.39 is 0 Å². The highest BCUT2D eigenvalue weighted by molar-refractivity contribution is 9.10. The molecule has 0 radical (unpaired) electrons. The molecule has 37 heavy (non-hydrogen) atoms. The van der Waals surface area contributed by atoms with Crippen LogP contribution in [0.4, 0.5) is 5.69 Å².